The third-order valence-corrected chi connectivity index (χ3v) is 4.40. The average Bonchev–Trinajstić information content (AvgIpc) is 2.52. The smallest absolute Gasteiger partial charge is 0.240 e. The van der Waals surface area contributed by atoms with Crippen molar-refractivity contribution in [1.82, 2.24) is 4.72 Å². The van der Waals surface area contributed by atoms with Gasteiger partial charge in [-0.25, -0.2) is 13.1 Å². The summed E-state index contributed by atoms with van der Waals surface area (Å²) in [6.45, 7) is 1.44. The molecule has 0 saturated carbocycles. The van der Waals surface area contributed by atoms with Crippen LogP contribution in [-0.2, 0) is 21.4 Å². The van der Waals surface area contributed by atoms with Gasteiger partial charge in [-0.1, -0.05) is 48.5 Å². The largest absolute Gasteiger partial charge is 0.377 e. The molecule has 2 aromatic carbocycles. The van der Waals surface area contributed by atoms with Crippen molar-refractivity contribution in [1.29, 1.82) is 0 Å². The molecule has 0 aliphatic rings. The summed E-state index contributed by atoms with van der Waals surface area (Å²) >= 11 is 0. The predicted octanol–water partition coefficient (Wildman–Crippen LogP) is 2.57. The molecular formula is C16H19NO3S. The summed E-state index contributed by atoms with van der Waals surface area (Å²) in [6.07, 6.45) is 0.638. The zero-order chi connectivity index (χ0) is 15.0. The molecule has 5 heteroatoms. The Balaban J connectivity index is 1.66. The first-order valence-electron chi connectivity index (χ1n) is 6.85. The summed E-state index contributed by atoms with van der Waals surface area (Å²) < 4.78 is 31.9. The summed E-state index contributed by atoms with van der Waals surface area (Å²) in [7, 11) is -3.41. The standard InChI is InChI=1S/C16H19NO3S/c18-21(19,16-10-5-2-6-11-16)17-12-7-13-20-14-15-8-3-1-4-9-15/h1-6,8-11,17H,7,12-14H2. The maximum Gasteiger partial charge on any atom is 0.240 e. The van der Waals surface area contributed by atoms with Crippen molar-refractivity contribution in [2.24, 2.45) is 0 Å². The summed E-state index contributed by atoms with van der Waals surface area (Å²) in [5.41, 5.74) is 1.11. The van der Waals surface area contributed by atoms with Crippen LogP contribution in [0.25, 0.3) is 0 Å². The van der Waals surface area contributed by atoms with E-state index in [-0.39, 0.29) is 4.90 Å². The van der Waals surface area contributed by atoms with Gasteiger partial charge in [-0.2, -0.15) is 0 Å². The highest BCUT2D eigenvalue weighted by molar-refractivity contribution is 7.89. The van der Waals surface area contributed by atoms with Crippen molar-refractivity contribution in [3.8, 4) is 0 Å². The van der Waals surface area contributed by atoms with Crippen LogP contribution < -0.4 is 4.72 Å². The molecule has 0 atom stereocenters. The monoisotopic (exact) mass is 305 g/mol. The molecule has 0 unspecified atom stereocenters. The van der Waals surface area contributed by atoms with Crippen molar-refractivity contribution >= 4 is 10.0 Å². The lowest BCUT2D eigenvalue weighted by Gasteiger charge is -2.07. The van der Waals surface area contributed by atoms with E-state index in [1.165, 1.54) is 0 Å². The van der Waals surface area contributed by atoms with E-state index in [0.717, 1.165) is 5.56 Å². The third kappa shape index (κ3) is 5.30. The summed E-state index contributed by atoms with van der Waals surface area (Å²) in [5.74, 6) is 0. The van der Waals surface area contributed by atoms with Gasteiger partial charge in [0.25, 0.3) is 0 Å². The van der Waals surface area contributed by atoms with E-state index in [9.17, 15) is 8.42 Å². The lowest BCUT2D eigenvalue weighted by molar-refractivity contribution is 0.119. The Bertz CT molecular complexity index is 627. The Labute approximate surface area is 125 Å². The molecule has 0 amide bonds. The molecule has 4 nitrogen and oxygen atoms in total. The van der Waals surface area contributed by atoms with Crippen LogP contribution in [0, 0.1) is 0 Å². The molecule has 0 fully saturated rings. The Morgan fingerprint density at radius 1 is 0.905 bits per heavy atom. The topological polar surface area (TPSA) is 55.4 Å². The Morgan fingerprint density at radius 2 is 1.52 bits per heavy atom. The van der Waals surface area contributed by atoms with Crippen LogP contribution in [-0.4, -0.2) is 21.6 Å². The second-order valence-electron chi connectivity index (χ2n) is 4.60. The number of sulfonamides is 1. The molecule has 0 heterocycles. The molecule has 2 aromatic rings. The lowest BCUT2D eigenvalue weighted by Crippen LogP contribution is -2.25. The molecule has 21 heavy (non-hydrogen) atoms. The normalized spacial score (nSPS) is 11.4. The number of hydrogen-bond acceptors (Lipinski definition) is 3. The van der Waals surface area contributed by atoms with Crippen LogP contribution >= 0.6 is 0 Å². The van der Waals surface area contributed by atoms with Crippen LogP contribution in [0.4, 0.5) is 0 Å². The molecule has 0 aromatic heterocycles. The highest BCUT2D eigenvalue weighted by atomic mass is 32.2. The third-order valence-electron chi connectivity index (χ3n) is 2.92. The van der Waals surface area contributed by atoms with Gasteiger partial charge in [-0.3, -0.25) is 0 Å². The fraction of sp³-hybridized carbons (Fsp3) is 0.250. The van der Waals surface area contributed by atoms with Gasteiger partial charge >= 0.3 is 0 Å². The minimum atomic E-state index is -3.41. The van der Waals surface area contributed by atoms with E-state index < -0.39 is 10.0 Å². The van der Waals surface area contributed by atoms with Crippen LogP contribution in [0.15, 0.2) is 65.6 Å². The lowest BCUT2D eigenvalue weighted by atomic mass is 10.2. The molecule has 0 aliphatic heterocycles. The van der Waals surface area contributed by atoms with Gasteiger partial charge in [0.05, 0.1) is 11.5 Å². The number of nitrogens with one attached hydrogen (secondary N) is 1. The average molecular weight is 305 g/mol. The second kappa shape index (κ2) is 7.93. The number of ether oxygens (including phenoxy) is 1. The predicted molar refractivity (Wildman–Crippen MR) is 82.3 cm³/mol. The summed E-state index contributed by atoms with van der Waals surface area (Å²) in [6, 6.07) is 18.2. The SMILES string of the molecule is O=S(=O)(NCCCOCc1ccccc1)c1ccccc1. The van der Waals surface area contributed by atoms with Gasteiger partial charge in [-0.15, -0.1) is 0 Å². The molecular weight excluding hydrogens is 286 g/mol. The molecule has 112 valence electrons. The fourth-order valence-corrected chi connectivity index (χ4v) is 2.92. The highest BCUT2D eigenvalue weighted by Crippen LogP contribution is 2.07. The van der Waals surface area contributed by atoms with E-state index >= 15 is 0 Å². The van der Waals surface area contributed by atoms with Crippen molar-refractivity contribution < 1.29 is 13.2 Å². The van der Waals surface area contributed by atoms with E-state index in [2.05, 4.69) is 4.72 Å². The Morgan fingerprint density at radius 3 is 2.19 bits per heavy atom. The van der Waals surface area contributed by atoms with Gasteiger partial charge < -0.3 is 4.74 Å². The first-order valence-corrected chi connectivity index (χ1v) is 8.33. The quantitative estimate of drug-likeness (QED) is 0.763. The number of rotatable bonds is 8. The first kappa shape index (κ1) is 15.7. The summed E-state index contributed by atoms with van der Waals surface area (Å²) in [4.78, 5) is 0.287. The zero-order valence-corrected chi connectivity index (χ0v) is 12.6. The fourth-order valence-electron chi connectivity index (χ4n) is 1.83. The zero-order valence-electron chi connectivity index (χ0n) is 11.7. The van der Waals surface area contributed by atoms with Gasteiger partial charge in [0.2, 0.25) is 10.0 Å². The highest BCUT2D eigenvalue weighted by Gasteiger charge is 2.11. The molecule has 0 saturated heterocycles. The van der Waals surface area contributed by atoms with E-state index in [1.807, 2.05) is 30.3 Å². The van der Waals surface area contributed by atoms with Crippen molar-refractivity contribution in [3.63, 3.8) is 0 Å². The molecule has 0 spiro atoms. The minimum absolute atomic E-state index is 0.287. The Kier molecular flexibility index (Phi) is 5.92. The van der Waals surface area contributed by atoms with Crippen LogP contribution in [0.3, 0.4) is 0 Å². The maximum atomic E-state index is 11.9. The molecule has 0 aliphatic carbocycles. The molecule has 0 radical (unpaired) electrons. The van der Waals surface area contributed by atoms with Crippen LogP contribution in [0.1, 0.15) is 12.0 Å². The summed E-state index contributed by atoms with van der Waals surface area (Å²) in [5, 5.41) is 0. The number of hydrogen-bond donors (Lipinski definition) is 1. The molecule has 1 N–H and O–H groups in total. The van der Waals surface area contributed by atoms with E-state index in [1.54, 1.807) is 30.3 Å². The number of benzene rings is 2. The van der Waals surface area contributed by atoms with E-state index in [4.69, 9.17) is 4.74 Å². The minimum Gasteiger partial charge on any atom is -0.377 e. The van der Waals surface area contributed by atoms with Crippen LogP contribution in [0.5, 0.6) is 0 Å². The van der Waals surface area contributed by atoms with Crippen molar-refractivity contribution in [2.75, 3.05) is 13.2 Å². The Hall–Kier alpha value is -1.69. The van der Waals surface area contributed by atoms with Gasteiger partial charge in [0.1, 0.15) is 0 Å². The van der Waals surface area contributed by atoms with Crippen molar-refractivity contribution in [2.45, 2.75) is 17.9 Å². The van der Waals surface area contributed by atoms with Crippen molar-refractivity contribution in [3.05, 3.63) is 66.2 Å². The second-order valence-corrected chi connectivity index (χ2v) is 6.37. The van der Waals surface area contributed by atoms with Gasteiger partial charge in [-0.05, 0) is 24.1 Å². The first-order chi connectivity index (χ1) is 10.2. The van der Waals surface area contributed by atoms with Crippen LogP contribution in [0.2, 0.25) is 0 Å². The molecule has 2 rings (SSSR count). The maximum absolute atomic E-state index is 11.9. The van der Waals surface area contributed by atoms with E-state index in [0.29, 0.717) is 26.2 Å². The molecule has 0 bridgehead atoms. The van der Waals surface area contributed by atoms with Gasteiger partial charge in [0.15, 0.2) is 0 Å². The van der Waals surface area contributed by atoms with Gasteiger partial charge in [0, 0.05) is 13.2 Å².